The summed E-state index contributed by atoms with van der Waals surface area (Å²) in [6.07, 6.45) is -0.0692. The van der Waals surface area contributed by atoms with E-state index in [1.165, 1.54) is 5.56 Å². The highest BCUT2D eigenvalue weighted by Gasteiger charge is 2.35. The molecule has 0 aromatic heterocycles. The van der Waals surface area contributed by atoms with Crippen LogP contribution in [0.1, 0.15) is 24.2 Å². The summed E-state index contributed by atoms with van der Waals surface area (Å²) >= 11 is 6.07. The SMILES string of the molecule is COc1ccc(N2C(C)C(c3ccc(Cl)cc3)=NC2c2ccccc2)cc1. The lowest BCUT2D eigenvalue weighted by atomic mass is 10.0. The molecule has 0 aliphatic carbocycles. The van der Waals surface area contributed by atoms with E-state index in [0.717, 1.165) is 27.7 Å². The molecular formula is C23H21ClN2O. The van der Waals surface area contributed by atoms with E-state index < -0.39 is 0 Å². The van der Waals surface area contributed by atoms with Gasteiger partial charge in [0.2, 0.25) is 0 Å². The summed E-state index contributed by atoms with van der Waals surface area (Å²) in [5, 5.41) is 0.733. The second-order valence-corrected chi connectivity index (χ2v) is 7.02. The fourth-order valence-electron chi connectivity index (χ4n) is 3.56. The number of hydrogen-bond acceptors (Lipinski definition) is 3. The van der Waals surface area contributed by atoms with Crippen LogP contribution in [0.25, 0.3) is 0 Å². The van der Waals surface area contributed by atoms with E-state index in [1.54, 1.807) is 7.11 Å². The molecule has 0 bridgehead atoms. The van der Waals surface area contributed by atoms with Gasteiger partial charge in [-0.3, -0.25) is 4.99 Å². The van der Waals surface area contributed by atoms with Crippen LogP contribution in [0.5, 0.6) is 5.75 Å². The van der Waals surface area contributed by atoms with Crippen LogP contribution in [0.15, 0.2) is 83.9 Å². The van der Waals surface area contributed by atoms with Gasteiger partial charge in [-0.1, -0.05) is 54.1 Å². The molecule has 4 heteroatoms. The molecule has 3 aromatic rings. The van der Waals surface area contributed by atoms with Crippen LogP contribution in [0, 0.1) is 0 Å². The molecule has 0 radical (unpaired) electrons. The van der Waals surface area contributed by atoms with Gasteiger partial charge in [0.25, 0.3) is 0 Å². The predicted molar refractivity (Wildman–Crippen MR) is 112 cm³/mol. The molecule has 27 heavy (non-hydrogen) atoms. The second kappa shape index (κ2) is 7.45. The highest BCUT2D eigenvalue weighted by atomic mass is 35.5. The van der Waals surface area contributed by atoms with E-state index in [-0.39, 0.29) is 12.2 Å². The maximum absolute atomic E-state index is 6.07. The van der Waals surface area contributed by atoms with Crippen molar-refractivity contribution in [1.29, 1.82) is 0 Å². The molecule has 2 unspecified atom stereocenters. The zero-order valence-electron chi connectivity index (χ0n) is 15.3. The zero-order chi connectivity index (χ0) is 18.8. The molecule has 0 fully saturated rings. The van der Waals surface area contributed by atoms with Crippen molar-refractivity contribution in [3.05, 3.63) is 95.0 Å². The summed E-state index contributed by atoms with van der Waals surface area (Å²) in [6, 6.07) is 26.6. The Labute approximate surface area is 164 Å². The third-order valence-corrected chi connectivity index (χ3v) is 5.20. The smallest absolute Gasteiger partial charge is 0.148 e. The summed E-state index contributed by atoms with van der Waals surface area (Å²) in [5.41, 5.74) is 4.45. The predicted octanol–water partition coefficient (Wildman–Crippen LogP) is 5.75. The van der Waals surface area contributed by atoms with E-state index >= 15 is 0 Å². The van der Waals surface area contributed by atoms with Gasteiger partial charge in [0.1, 0.15) is 11.9 Å². The van der Waals surface area contributed by atoms with Crippen molar-refractivity contribution >= 4 is 23.0 Å². The quantitative estimate of drug-likeness (QED) is 0.579. The van der Waals surface area contributed by atoms with E-state index in [4.69, 9.17) is 21.3 Å². The number of aliphatic imine (C=N–C) groups is 1. The molecule has 1 aliphatic heterocycles. The van der Waals surface area contributed by atoms with Crippen molar-refractivity contribution in [2.24, 2.45) is 4.99 Å². The van der Waals surface area contributed by atoms with Crippen LogP contribution in [-0.2, 0) is 0 Å². The molecule has 2 atom stereocenters. The Kier molecular flexibility index (Phi) is 4.87. The third-order valence-electron chi connectivity index (χ3n) is 4.95. The number of hydrogen-bond donors (Lipinski definition) is 0. The fourth-order valence-corrected chi connectivity index (χ4v) is 3.69. The van der Waals surface area contributed by atoms with Crippen molar-refractivity contribution in [3.63, 3.8) is 0 Å². The summed E-state index contributed by atoms with van der Waals surface area (Å²) in [7, 11) is 1.68. The Balaban J connectivity index is 1.77. The lowest BCUT2D eigenvalue weighted by Crippen LogP contribution is -2.35. The van der Waals surface area contributed by atoms with Crippen LogP contribution < -0.4 is 9.64 Å². The number of benzene rings is 3. The Morgan fingerprint density at radius 1 is 0.889 bits per heavy atom. The maximum atomic E-state index is 6.07. The van der Waals surface area contributed by atoms with Crippen LogP contribution >= 0.6 is 11.6 Å². The van der Waals surface area contributed by atoms with Gasteiger partial charge in [0.15, 0.2) is 0 Å². The number of methoxy groups -OCH3 is 1. The lowest BCUT2D eigenvalue weighted by molar-refractivity contribution is 0.414. The van der Waals surface area contributed by atoms with Crippen LogP contribution in [0.3, 0.4) is 0 Å². The number of halogens is 1. The highest BCUT2D eigenvalue weighted by molar-refractivity contribution is 6.30. The van der Waals surface area contributed by atoms with Crippen molar-refractivity contribution in [2.45, 2.75) is 19.1 Å². The van der Waals surface area contributed by atoms with Gasteiger partial charge in [0, 0.05) is 10.7 Å². The molecule has 0 saturated heterocycles. The number of anilines is 1. The summed E-state index contributed by atoms with van der Waals surface area (Å²) < 4.78 is 5.31. The monoisotopic (exact) mass is 376 g/mol. The molecule has 0 saturated carbocycles. The summed E-state index contributed by atoms with van der Waals surface area (Å²) in [4.78, 5) is 7.45. The number of nitrogens with zero attached hydrogens (tertiary/aromatic N) is 2. The fraction of sp³-hybridized carbons (Fsp3) is 0.174. The average Bonchev–Trinajstić information content (AvgIpc) is 3.06. The normalized spacial score (nSPS) is 19.1. The lowest BCUT2D eigenvalue weighted by Gasteiger charge is -2.30. The Morgan fingerprint density at radius 3 is 2.19 bits per heavy atom. The average molecular weight is 377 g/mol. The first-order valence-electron chi connectivity index (χ1n) is 8.98. The van der Waals surface area contributed by atoms with Gasteiger partial charge in [-0.15, -0.1) is 0 Å². The summed E-state index contributed by atoms with van der Waals surface area (Å²) in [6.45, 7) is 2.20. The molecule has 0 N–H and O–H groups in total. The van der Waals surface area contributed by atoms with E-state index in [0.29, 0.717) is 0 Å². The first-order chi connectivity index (χ1) is 13.2. The zero-order valence-corrected chi connectivity index (χ0v) is 16.1. The summed E-state index contributed by atoms with van der Waals surface area (Å²) in [5.74, 6) is 0.848. The molecule has 3 aromatic carbocycles. The maximum Gasteiger partial charge on any atom is 0.148 e. The van der Waals surface area contributed by atoms with E-state index in [1.807, 2.05) is 42.5 Å². The molecule has 1 aliphatic rings. The third kappa shape index (κ3) is 3.43. The minimum atomic E-state index is -0.0692. The Bertz CT molecular complexity index is 936. The molecule has 0 amide bonds. The number of rotatable bonds is 4. The van der Waals surface area contributed by atoms with Crippen molar-refractivity contribution in [3.8, 4) is 5.75 Å². The molecule has 1 heterocycles. The van der Waals surface area contributed by atoms with Gasteiger partial charge in [-0.05, 0) is 54.4 Å². The van der Waals surface area contributed by atoms with Crippen molar-refractivity contribution in [1.82, 2.24) is 0 Å². The van der Waals surface area contributed by atoms with E-state index in [9.17, 15) is 0 Å². The molecule has 0 spiro atoms. The van der Waals surface area contributed by atoms with Crippen LogP contribution in [-0.4, -0.2) is 18.9 Å². The van der Waals surface area contributed by atoms with Gasteiger partial charge in [0.05, 0.1) is 18.9 Å². The van der Waals surface area contributed by atoms with Gasteiger partial charge in [-0.25, -0.2) is 0 Å². The standard InChI is InChI=1S/C23H21ClN2O/c1-16-22(17-8-10-19(24)11-9-17)25-23(18-6-4-3-5-7-18)26(16)20-12-14-21(27-2)15-13-20/h3-16,23H,1-2H3. The second-order valence-electron chi connectivity index (χ2n) is 6.59. The largest absolute Gasteiger partial charge is 0.497 e. The Morgan fingerprint density at radius 2 is 1.56 bits per heavy atom. The molecule has 3 nitrogen and oxygen atoms in total. The highest BCUT2D eigenvalue weighted by Crippen LogP contribution is 2.37. The van der Waals surface area contributed by atoms with Gasteiger partial charge in [-0.2, -0.15) is 0 Å². The van der Waals surface area contributed by atoms with Crippen LogP contribution in [0.4, 0.5) is 5.69 Å². The topological polar surface area (TPSA) is 24.8 Å². The molecular weight excluding hydrogens is 356 g/mol. The van der Waals surface area contributed by atoms with Gasteiger partial charge >= 0.3 is 0 Å². The van der Waals surface area contributed by atoms with Crippen molar-refractivity contribution < 1.29 is 4.74 Å². The van der Waals surface area contributed by atoms with Gasteiger partial charge < -0.3 is 9.64 Å². The minimum Gasteiger partial charge on any atom is -0.497 e. The number of ether oxygens (including phenoxy) is 1. The first kappa shape index (κ1) is 17.6. The Hall–Kier alpha value is -2.78. The molecule has 136 valence electrons. The van der Waals surface area contributed by atoms with Crippen molar-refractivity contribution in [2.75, 3.05) is 12.0 Å². The van der Waals surface area contributed by atoms with Crippen LogP contribution in [0.2, 0.25) is 5.02 Å². The first-order valence-corrected chi connectivity index (χ1v) is 9.36. The minimum absolute atomic E-state index is 0.0692. The molecule has 4 rings (SSSR count). The van der Waals surface area contributed by atoms with E-state index in [2.05, 4.69) is 48.2 Å².